The molecule has 106 valence electrons. The van der Waals surface area contributed by atoms with Gasteiger partial charge in [0.1, 0.15) is 0 Å². The van der Waals surface area contributed by atoms with Crippen molar-refractivity contribution >= 4 is 31.6 Å². The predicted octanol–water partition coefficient (Wildman–Crippen LogP) is 1.41. The number of nitro groups is 1. The first-order valence-corrected chi connectivity index (χ1v) is 7.66. The van der Waals surface area contributed by atoms with Crippen LogP contribution in [0.15, 0.2) is 27.6 Å². The van der Waals surface area contributed by atoms with Crippen molar-refractivity contribution in [3.05, 3.63) is 32.8 Å². The zero-order valence-corrected chi connectivity index (χ0v) is 12.4. The topological polar surface area (TPSA) is 110 Å². The minimum absolute atomic E-state index is 0.373. The Morgan fingerprint density at radius 3 is 2.63 bits per heavy atom. The van der Waals surface area contributed by atoms with E-state index in [1.54, 1.807) is 6.92 Å². The summed E-state index contributed by atoms with van der Waals surface area (Å²) in [5.41, 5.74) is -0.511. The lowest BCUT2D eigenvalue weighted by molar-refractivity contribution is -0.387. The molecule has 0 heterocycles. The first-order valence-electron chi connectivity index (χ1n) is 5.39. The molecule has 1 atom stereocenters. The Balaban J connectivity index is 3.27. The van der Waals surface area contributed by atoms with E-state index < -0.39 is 31.6 Å². The lowest BCUT2D eigenvalue weighted by Crippen LogP contribution is -2.37. The highest BCUT2D eigenvalue weighted by Gasteiger charge is 2.27. The number of halogens is 1. The summed E-state index contributed by atoms with van der Waals surface area (Å²) in [6, 6.07) is 2.98. The fourth-order valence-electron chi connectivity index (χ4n) is 1.39. The largest absolute Gasteiger partial charge is 0.395 e. The number of hydrogen-bond donors (Lipinski definition) is 2. The van der Waals surface area contributed by atoms with Crippen LogP contribution in [0.1, 0.15) is 13.3 Å². The van der Waals surface area contributed by atoms with Gasteiger partial charge in [-0.25, -0.2) is 13.1 Å². The molecule has 0 amide bonds. The highest BCUT2D eigenvalue weighted by Crippen LogP contribution is 2.27. The Bertz CT molecular complexity index is 571. The second kappa shape index (κ2) is 6.42. The van der Waals surface area contributed by atoms with Gasteiger partial charge in [-0.3, -0.25) is 10.1 Å². The van der Waals surface area contributed by atoms with Crippen LogP contribution < -0.4 is 4.72 Å². The summed E-state index contributed by atoms with van der Waals surface area (Å²) in [5, 5.41) is 19.9. The van der Waals surface area contributed by atoms with Gasteiger partial charge in [0.25, 0.3) is 5.69 Å². The molecule has 19 heavy (non-hydrogen) atoms. The van der Waals surface area contributed by atoms with Crippen molar-refractivity contribution in [1.82, 2.24) is 4.72 Å². The van der Waals surface area contributed by atoms with Gasteiger partial charge in [-0.15, -0.1) is 0 Å². The number of nitrogens with one attached hydrogen (secondary N) is 1. The lowest BCUT2D eigenvalue weighted by Gasteiger charge is -2.14. The normalized spacial score (nSPS) is 13.2. The van der Waals surface area contributed by atoms with Crippen LogP contribution >= 0.6 is 15.9 Å². The van der Waals surface area contributed by atoms with Crippen molar-refractivity contribution in [2.45, 2.75) is 24.3 Å². The van der Waals surface area contributed by atoms with Crippen molar-refractivity contribution in [2.75, 3.05) is 6.61 Å². The fraction of sp³-hybridized carbons (Fsp3) is 0.400. The van der Waals surface area contributed by atoms with Gasteiger partial charge in [0.05, 0.1) is 11.5 Å². The molecule has 9 heteroatoms. The van der Waals surface area contributed by atoms with Gasteiger partial charge >= 0.3 is 0 Å². The van der Waals surface area contributed by atoms with E-state index in [4.69, 9.17) is 5.11 Å². The minimum Gasteiger partial charge on any atom is -0.395 e. The van der Waals surface area contributed by atoms with Crippen molar-refractivity contribution in [3.63, 3.8) is 0 Å². The minimum atomic E-state index is -4.06. The first kappa shape index (κ1) is 16.0. The van der Waals surface area contributed by atoms with Gasteiger partial charge < -0.3 is 5.11 Å². The summed E-state index contributed by atoms with van der Waals surface area (Å²) < 4.78 is 26.8. The molecule has 0 fully saturated rings. The average Bonchev–Trinajstić information content (AvgIpc) is 2.35. The number of nitrogens with zero attached hydrogens (tertiary/aromatic N) is 1. The SMILES string of the molecule is CC[C@H](CO)NS(=O)(=O)c1cc(Br)ccc1[N+](=O)[O-]. The Morgan fingerprint density at radius 1 is 1.53 bits per heavy atom. The predicted molar refractivity (Wildman–Crippen MR) is 72.3 cm³/mol. The third-order valence-corrected chi connectivity index (χ3v) is 4.49. The number of sulfonamides is 1. The number of aliphatic hydroxyl groups excluding tert-OH is 1. The summed E-state index contributed by atoms with van der Waals surface area (Å²) in [6.07, 6.45) is 0.373. The maximum absolute atomic E-state index is 12.1. The molecular weight excluding hydrogens is 340 g/mol. The first-order chi connectivity index (χ1) is 8.81. The van der Waals surface area contributed by atoms with E-state index in [-0.39, 0.29) is 6.61 Å². The van der Waals surface area contributed by atoms with E-state index in [1.807, 2.05) is 0 Å². The van der Waals surface area contributed by atoms with E-state index >= 15 is 0 Å². The molecule has 1 rings (SSSR count). The number of hydrogen-bond acceptors (Lipinski definition) is 5. The molecular formula is C10H13BrN2O5S. The van der Waals surface area contributed by atoms with E-state index in [9.17, 15) is 18.5 Å². The molecule has 0 spiro atoms. The number of nitro benzene ring substituents is 1. The smallest absolute Gasteiger partial charge is 0.289 e. The number of benzene rings is 1. The van der Waals surface area contributed by atoms with Gasteiger partial charge in [0.15, 0.2) is 4.90 Å². The molecule has 0 bridgehead atoms. The van der Waals surface area contributed by atoms with Crippen LogP contribution in [0.3, 0.4) is 0 Å². The van der Waals surface area contributed by atoms with Crippen LogP contribution in [-0.2, 0) is 10.0 Å². The highest BCUT2D eigenvalue weighted by atomic mass is 79.9. The van der Waals surface area contributed by atoms with Crippen LogP contribution in [0.5, 0.6) is 0 Å². The third-order valence-electron chi connectivity index (χ3n) is 2.44. The van der Waals surface area contributed by atoms with Gasteiger partial charge in [0, 0.05) is 16.6 Å². The van der Waals surface area contributed by atoms with Crippen molar-refractivity contribution < 1.29 is 18.4 Å². The molecule has 0 aliphatic carbocycles. The van der Waals surface area contributed by atoms with E-state index in [1.165, 1.54) is 6.07 Å². The molecule has 2 N–H and O–H groups in total. The van der Waals surface area contributed by atoms with Gasteiger partial charge in [-0.1, -0.05) is 22.9 Å². The van der Waals surface area contributed by atoms with Crippen LogP contribution in [-0.4, -0.2) is 31.1 Å². The Labute approximate surface area is 119 Å². The van der Waals surface area contributed by atoms with Crippen LogP contribution in [0.25, 0.3) is 0 Å². The maximum atomic E-state index is 12.1. The molecule has 0 aliphatic heterocycles. The highest BCUT2D eigenvalue weighted by molar-refractivity contribution is 9.10. The average molecular weight is 353 g/mol. The van der Waals surface area contributed by atoms with Crippen molar-refractivity contribution in [3.8, 4) is 0 Å². The molecule has 0 unspecified atom stereocenters. The Morgan fingerprint density at radius 2 is 2.16 bits per heavy atom. The molecule has 0 radical (unpaired) electrons. The molecule has 0 aliphatic rings. The second-order valence-corrected chi connectivity index (χ2v) is 6.38. The van der Waals surface area contributed by atoms with Gasteiger partial charge in [-0.05, 0) is 18.6 Å². The standard InChI is InChI=1S/C10H13BrN2O5S/c1-2-8(6-14)12-19(17,18)10-5-7(11)3-4-9(10)13(15)16/h3-5,8,12,14H,2,6H2,1H3/t8-/m1/s1. The second-order valence-electron chi connectivity index (χ2n) is 3.78. The summed E-state index contributed by atoms with van der Waals surface area (Å²) in [5.74, 6) is 0. The Kier molecular flexibility index (Phi) is 5.41. The number of rotatable bonds is 6. The maximum Gasteiger partial charge on any atom is 0.289 e. The third kappa shape index (κ3) is 3.96. The summed E-state index contributed by atoms with van der Waals surface area (Å²) in [6.45, 7) is 1.32. The van der Waals surface area contributed by atoms with Crippen LogP contribution in [0.2, 0.25) is 0 Å². The fourth-order valence-corrected chi connectivity index (χ4v) is 3.41. The zero-order valence-electron chi connectivity index (χ0n) is 10.0. The lowest BCUT2D eigenvalue weighted by atomic mass is 10.3. The monoisotopic (exact) mass is 352 g/mol. The van der Waals surface area contributed by atoms with Crippen LogP contribution in [0, 0.1) is 10.1 Å². The molecule has 0 saturated carbocycles. The Hall–Kier alpha value is -1.03. The molecule has 1 aromatic carbocycles. The van der Waals surface area contributed by atoms with Crippen molar-refractivity contribution in [1.29, 1.82) is 0 Å². The van der Waals surface area contributed by atoms with Crippen molar-refractivity contribution in [2.24, 2.45) is 0 Å². The van der Waals surface area contributed by atoms with E-state index in [2.05, 4.69) is 20.7 Å². The quantitative estimate of drug-likeness (QED) is 0.594. The summed E-state index contributed by atoms with van der Waals surface area (Å²) in [7, 11) is -4.06. The number of aliphatic hydroxyl groups is 1. The van der Waals surface area contributed by atoms with E-state index in [0.29, 0.717) is 10.9 Å². The van der Waals surface area contributed by atoms with Crippen LogP contribution in [0.4, 0.5) is 5.69 Å². The zero-order chi connectivity index (χ0) is 14.6. The van der Waals surface area contributed by atoms with E-state index in [0.717, 1.165) is 12.1 Å². The summed E-state index contributed by atoms with van der Waals surface area (Å²) in [4.78, 5) is 9.66. The van der Waals surface area contributed by atoms with Gasteiger partial charge in [0.2, 0.25) is 10.0 Å². The molecule has 1 aromatic rings. The molecule has 7 nitrogen and oxygen atoms in total. The molecule has 0 saturated heterocycles. The van der Waals surface area contributed by atoms with Gasteiger partial charge in [-0.2, -0.15) is 0 Å². The summed E-state index contributed by atoms with van der Waals surface area (Å²) >= 11 is 3.07. The molecule has 0 aromatic heterocycles.